The molecule has 0 saturated heterocycles. The lowest BCUT2D eigenvalue weighted by Crippen LogP contribution is -2.53. The largest absolute Gasteiger partial charge is 0.480 e. The highest BCUT2D eigenvalue weighted by Gasteiger charge is 2.41. The summed E-state index contributed by atoms with van der Waals surface area (Å²) in [6.07, 6.45) is -4.13. The van der Waals surface area contributed by atoms with Gasteiger partial charge in [0.15, 0.2) is 12.2 Å². The van der Waals surface area contributed by atoms with Crippen LogP contribution in [0, 0.1) is 11.8 Å². The number of carbonyl (C=O) groups excluding carboxylic acids is 5. The van der Waals surface area contributed by atoms with Gasteiger partial charge in [0.2, 0.25) is 0 Å². The molecule has 1 rings (SSSR count). The third-order valence-electron chi connectivity index (χ3n) is 9.09. The van der Waals surface area contributed by atoms with Crippen molar-refractivity contribution in [3.63, 3.8) is 0 Å². The van der Waals surface area contributed by atoms with E-state index in [1.54, 1.807) is 32.9 Å². The molecule has 0 radical (unpaired) electrons. The molecular weight excluding hydrogens is 725 g/mol. The van der Waals surface area contributed by atoms with Crippen LogP contribution in [0.15, 0.2) is 24.3 Å². The van der Waals surface area contributed by atoms with Crippen molar-refractivity contribution in [2.24, 2.45) is 11.8 Å². The first kappa shape index (κ1) is 49.8. The number of rotatable bonds is 18. The zero-order chi connectivity index (χ0) is 43.7. The van der Waals surface area contributed by atoms with Crippen molar-refractivity contribution in [2.45, 2.75) is 163 Å². The van der Waals surface area contributed by atoms with Crippen LogP contribution in [-0.4, -0.2) is 118 Å². The van der Waals surface area contributed by atoms with E-state index >= 15 is 4.39 Å². The third-order valence-corrected chi connectivity index (χ3v) is 9.09. The number of carboxylic acids is 1. The van der Waals surface area contributed by atoms with Gasteiger partial charge < -0.3 is 29.1 Å². The second-order valence-electron chi connectivity index (χ2n) is 18.2. The van der Waals surface area contributed by atoms with Crippen LogP contribution < -0.4 is 0 Å². The van der Waals surface area contributed by atoms with E-state index in [1.807, 2.05) is 39.8 Å². The van der Waals surface area contributed by atoms with Gasteiger partial charge in [-0.1, -0.05) is 72.7 Å². The van der Waals surface area contributed by atoms with Gasteiger partial charge >= 0.3 is 24.0 Å². The number of amides is 3. The Morgan fingerprint density at radius 2 is 1.14 bits per heavy atom. The normalized spacial score (nSPS) is 14.9. The minimum absolute atomic E-state index is 0.0585. The molecule has 5 atom stereocenters. The fourth-order valence-corrected chi connectivity index (χ4v) is 5.91. The fourth-order valence-electron chi connectivity index (χ4n) is 5.91. The van der Waals surface area contributed by atoms with Crippen LogP contribution in [0.25, 0.3) is 0 Å². The molecule has 0 unspecified atom stereocenters. The van der Waals surface area contributed by atoms with E-state index in [1.165, 1.54) is 41.9 Å². The monoisotopic (exact) mass is 793 g/mol. The molecule has 0 fully saturated rings. The summed E-state index contributed by atoms with van der Waals surface area (Å²) in [4.78, 5) is 83.7. The zero-order valence-corrected chi connectivity index (χ0v) is 36.5. The van der Waals surface area contributed by atoms with Gasteiger partial charge in [0.25, 0.3) is 11.8 Å². The highest BCUT2D eigenvalue weighted by molar-refractivity contribution is 5.91. The molecule has 1 N–H and O–H groups in total. The first-order valence-corrected chi connectivity index (χ1v) is 19.3. The standard InChI is InChI=1S/C42H68FN3O10/c1-25(2)21-30(36(49)50)44(14)34(47)27(5)54-38(52)32(24-42(12,13)43)45(15)35(48)33(23-28-17-19-29(20-18-28)40(6,7)8)55-37(51)31(22-26(3)4)46(16)39(53)56-41(9,10)11/h17-20,25-27,30-33H,21-24H2,1-16H3,(H,49,50)/t27-,30+,31+,32+,33-/m1/s1. The Kier molecular flexibility index (Phi) is 18.0. The van der Waals surface area contributed by atoms with E-state index < -0.39 is 83.8 Å². The van der Waals surface area contributed by atoms with E-state index in [0.29, 0.717) is 5.56 Å². The number of carbonyl (C=O) groups is 6. The van der Waals surface area contributed by atoms with E-state index in [-0.39, 0.29) is 36.5 Å². The molecule has 1 aromatic carbocycles. The highest BCUT2D eigenvalue weighted by atomic mass is 19.1. The topological polar surface area (TPSA) is 160 Å². The van der Waals surface area contributed by atoms with Crippen LogP contribution in [0.1, 0.15) is 120 Å². The highest BCUT2D eigenvalue weighted by Crippen LogP contribution is 2.26. The van der Waals surface area contributed by atoms with Crippen LogP contribution in [0.3, 0.4) is 0 Å². The Bertz CT molecular complexity index is 1510. The number of hydrogen-bond donors (Lipinski definition) is 1. The Hall–Kier alpha value is -4.23. The van der Waals surface area contributed by atoms with Gasteiger partial charge in [0.1, 0.15) is 29.4 Å². The molecule has 56 heavy (non-hydrogen) atoms. The summed E-state index contributed by atoms with van der Waals surface area (Å²) in [5, 5.41) is 9.75. The molecule has 0 bridgehead atoms. The lowest BCUT2D eigenvalue weighted by atomic mass is 9.86. The molecule has 0 aromatic heterocycles. The third kappa shape index (κ3) is 16.1. The van der Waals surface area contributed by atoms with Crippen LogP contribution in [0.4, 0.5) is 9.18 Å². The summed E-state index contributed by atoms with van der Waals surface area (Å²) in [5.41, 5.74) is -1.38. The van der Waals surface area contributed by atoms with E-state index in [4.69, 9.17) is 14.2 Å². The first-order chi connectivity index (χ1) is 25.4. The van der Waals surface area contributed by atoms with Crippen molar-refractivity contribution in [1.29, 1.82) is 0 Å². The quantitative estimate of drug-likeness (QED) is 0.127. The van der Waals surface area contributed by atoms with Crippen molar-refractivity contribution >= 4 is 35.8 Å². The lowest BCUT2D eigenvalue weighted by molar-refractivity contribution is -0.172. The van der Waals surface area contributed by atoms with Gasteiger partial charge in [-0.05, 0) is 82.8 Å². The van der Waals surface area contributed by atoms with Crippen molar-refractivity contribution in [2.75, 3.05) is 21.1 Å². The first-order valence-electron chi connectivity index (χ1n) is 19.3. The maximum absolute atomic E-state index is 15.3. The molecule has 14 heteroatoms. The zero-order valence-electron chi connectivity index (χ0n) is 36.5. The number of halogens is 1. The number of nitrogens with zero attached hydrogens (tertiary/aromatic N) is 3. The number of likely N-dealkylation sites (N-methyl/N-ethyl adjacent to an activating group) is 3. The van der Waals surface area contributed by atoms with Crippen molar-refractivity contribution in [1.82, 2.24) is 14.7 Å². The molecule has 0 aliphatic carbocycles. The van der Waals surface area contributed by atoms with Crippen LogP contribution >= 0.6 is 0 Å². The number of carboxylic acid groups (broad SMARTS) is 1. The maximum atomic E-state index is 15.3. The van der Waals surface area contributed by atoms with E-state index in [0.717, 1.165) is 20.3 Å². The lowest BCUT2D eigenvalue weighted by Gasteiger charge is -2.34. The Balaban J connectivity index is 3.64. The van der Waals surface area contributed by atoms with E-state index in [2.05, 4.69) is 20.8 Å². The SMILES string of the molecule is CC(C)C[C@@H](C(=O)O[C@H](Cc1ccc(C(C)(C)C)cc1)C(=O)N(C)[C@@H](CC(C)(C)F)C(=O)O[C@H](C)C(=O)N(C)[C@@H](CC(C)C)C(=O)O)N(C)C(=O)OC(C)(C)C. The van der Waals surface area contributed by atoms with Gasteiger partial charge in [-0.2, -0.15) is 0 Å². The molecular formula is C42H68FN3O10. The van der Waals surface area contributed by atoms with Crippen LogP contribution in [0.2, 0.25) is 0 Å². The van der Waals surface area contributed by atoms with Gasteiger partial charge in [0, 0.05) is 34.0 Å². The van der Waals surface area contributed by atoms with Crippen LogP contribution in [0.5, 0.6) is 0 Å². The molecule has 1 aromatic rings. The minimum Gasteiger partial charge on any atom is -0.480 e. The minimum atomic E-state index is -2.01. The fraction of sp³-hybridized carbons (Fsp3) is 0.714. The molecule has 0 saturated carbocycles. The van der Waals surface area contributed by atoms with Gasteiger partial charge in [0.05, 0.1) is 0 Å². The maximum Gasteiger partial charge on any atom is 0.410 e. The predicted octanol–water partition coefficient (Wildman–Crippen LogP) is 6.57. The molecule has 0 spiro atoms. The summed E-state index contributed by atoms with van der Waals surface area (Å²) in [7, 11) is 3.96. The van der Waals surface area contributed by atoms with Crippen molar-refractivity contribution in [3.8, 4) is 0 Å². The molecule has 0 aliphatic rings. The van der Waals surface area contributed by atoms with Gasteiger partial charge in [-0.25, -0.2) is 23.6 Å². The van der Waals surface area contributed by atoms with E-state index in [9.17, 15) is 33.9 Å². The number of esters is 2. The predicted molar refractivity (Wildman–Crippen MR) is 212 cm³/mol. The number of hydrogen-bond acceptors (Lipinski definition) is 9. The average molecular weight is 794 g/mol. The Labute approximate surface area is 333 Å². The smallest absolute Gasteiger partial charge is 0.410 e. The average Bonchev–Trinajstić information content (AvgIpc) is 3.04. The number of benzene rings is 1. The Morgan fingerprint density at radius 1 is 0.679 bits per heavy atom. The summed E-state index contributed by atoms with van der Waals surface area (Å²) in [5.74, 6) is -5.01. The van der Waals surface area contributed by atoms with Gasteiger partial charge in [-0.3, -0.25) is 14.5 Å². The van der Waals surface area contributed by atoms with Crippen molar-refractivity contribution in [3.05, 3.63) is 35.4 Å². The molecule has 0 aliphatic heterocycles. The number of alkyl halides is 1. The van der Waals surface area contributed by atoms with Crippen LogP contribution in [-0.2, 0) is 50.0 Å². The molecule has 13 nitrogen and oxygen atoms in total. The Morgan fingerprint density at radius 3 is 1.57 bits per heavy atom. The summed E-state index contributed by atoms with van der Waals surface area (Å²) < 4.78 is 32.3. The molecule has 0 heterocycles. The van der Waals surface area contributed by atoms with Gasteiger partial charge in [-0.15, -0.1) is 0 Å². The second kappa shape index (κ2) is 20.3. The molecule has 318 valence electrons. The summed E-state index contributed by atoms with van der Waals surface area (Å²) >= 11 is 0. The van der Waals surface area contributed by atoms with Crippen molar-refractivity contribution < 1.29 is 52.5 Å². The number of aliphatic carboxylic acids is 1. The number of ether oxygens (including phenoxy) is 3. The second-order valence-corrected chi connectivity index (χ2v) is 18.2. The summed E-state index contributed by atoms with van der Waals surface area (Å²) in [6.45, 7) is 22.3. The summed E-state index contributed by atoms with van der Waals surface area (Å²) in [6, 6.07) is 3.49. The molecule has 3 amide bonds.